The molecule has 0 aromatic carbocycles. The average Bonchev–Trinajstić information content (AvgIpc) is 2.05. The van der Waals surface area contributed by atoms with Gasteiger partial charge in [0, 0.05) is 11.9 Å². The van der Waals surface area contributed by atoms with Crippen molar-refractivity contribution in [3.05, 3.63) is 29.6 Å². The molecule has 0 fully saturated rings. The summed E-state index contributed by atoms with van der Waals surface area (Å²) in [4.78, 5) is 8.18. The second kappa shape index (κ2) is 4.62. The Bertz CT molecular complexity index is 271. The molecule has 0 unspecified atom stereocenters. The maximum absolute atomic E-state index is 8.46. The van der Waals surface area contributed by atoms with Gasteiger partial charge in [0.05, 0.1) is 18.8 Å². The summed E-state index contributed by atoms with van der Waals surface area (Å²) < 4.78 is 0. The zero-order valence-electron chi connectivity index (χ0n) is 7.07. The second-order valence-electron chi connectivity index (χ2n) is 2.46. The van der Waals surface area contributed by atoms with Crippen molar-refractivity contribution < 1.29 is 5.11 Å². The van der Waals surface area contributed by atoms with Gasteiger partial charge in [-0.2, -0.15) is 0 Å². The van der Waals surface area contributed by atoms with Crippen LogP contribution in [0.4, 0.5) is 0 Å². The maximum Gasteiger partial charge on any atom is 0.0811 e. The van der Waals surface area contributed by atoms with Gasteiger partial charge in [-0.05, 0) is 19.1 Å². The van der Waals surface area contributed by atoms with Gasteiger partial charge in [-0.15, -0.1) is 0 Å². The number of hydrogen-bond acceptors (Lipinski definition) is 3. The van der Waals surface area contributed by atoms with Gasteiger partial charge in [0.1, 0.15) is 0 Å². The molecule has 0 saturated carbocycles. The fraction of sp³-hybridized carbons (Fsp3) is 0.333. The number of aliphatic imine (C=N–C) groups is 1. The molecule has 0 amide bonds. The molecule has 0 atom stereocenters. The normalized spacial score (nSPS) is 10.8. The van der Waals surface area contributed by atoms with Crippen molar-refractivity contribution >= 4 is 6.21 Å². The lowest BCUT2D eigenvalue weighted by Gasteiger charge is -1.93. The summed E-state index contributed by atoms with van der Waals surface area (Å²) in [5.41, 5.74) is 1.81. The van der Waals surface area contributed by atoms with Gasteiger partial charge in [0.25, 0.3) is 0 Å². The Kier molecular flexibility index (Phi) is 3.41. The summed E-state index contributed by atoms with van der Waals surface area (Å²) in [7, 11) is 0. The Balaban J connectivity index is 2.63. The van der Waals surface area contributed by atoms with Crippen LogP contribution in [0.5, 0.6) is 0 Å². The zero-order chi connectivity index (χ0) is 8.81. The van der Waals surface area contributed by atoms with Gasteiger partial charge in [-0.25, -0.2) is 0 Å². The summed E-state index contributed by atoms with van der Waals surface area (Å²) in [5, 5.41) is 8.46. The number of pyridine rings is 1. The molecule has 0 radical (unpaired) electrons. The fourth-order valence-electron chi connectivity index (χ4n) is 0.852. The number of hydrogen-bond donors (Lipinski definition) is 1. The quantitative estimate of drug-likeness (QED) is 0.672. The minimum absolute atomic E-state index is 0.0856. The molecule has 1 aromatic rings. The third-order valence-corrected chi connectivity index (χ3v) is 1.36. The maximum atomic E-state index is 8.46. The lowest BCUT2D eigenvalue weighted by molar-refractivity contribution is 0.307. The molecule has 0 saturated heterocycles. The second-order valence-corrected chi connectivity index (χ2v) is 2.46. The van der Waals surface area contributed by atoms with Crippen molar-refractivity contribution in [2.24, 2.45) is 4.99 Å². The zero-order valence-corrected chi connectivity index (χ0v) is 7.07. The predicted molar refractivity (Wildman–Crippen MR) is 48.5 cm³/mol. The Morgan fingerprint density at radius 3 is 3.08 bits per heavy atom. The standard InChI is InChI=1S/C9H12N2O/c1-8-3-2-4-9(11-8)7-10-5-6-12/h2-4,7,12H,5-6H2,1H3. The van der Waals surface area contributed by atoms with E-state index in [1.54, 1.807) is 6.21 Å². The molecule has 0 aliphatic heterocycles. The molecule has 0 aliphatic carbocycles. The van der Waals surface area contributed by atoms with E-state index in [0.29, 0.717) is 6.54 Å². The average molecular weight is 164 g/mol. The molecule has 1 heterocycles. The molecule has 0 spiro atoms. The van der Waals surface area contributed by atoms with Crippen LogP contribution in [-0.4, -0.2) is 29.5 Å². The highest BCUT2D eigenvalue weighted by atomic mass is 16.3. The molecule has 1 N–H and O–H groups in total. The molecule has 3 nitrogen and oxygen atoms in total. The largest absolute Gasteiger partial charge is 0.394 e. The minimum atomic E-state index is 0.0856. The molecular formula is C9H12N2O. The number of rotatable bonds is 3. The van der Waals surface area contributed by atoms with Crippen LogP contribution in [-0.2, 0) is 0 Å². The Labute approximate surface area is 71.8 Å². The van der Waals surface area contributed by atoms with Crippen LogP contribution in [0.2, 0.25) is 0 Å². The lowest BCUT2D eigenvalue weighted by Crippen LogP contribution is -1.92. The van der Waals surface area contributed by atoms with Crippen molar-refractivity contribution in [3.63, 3.8) is 0 Å². The van der Waals surface area contributed by atoms with Gasteiger partial charge < -0.3 is 5.11 Å². The van der Waals surface area contributed by atoms with E-state index in [2.05, 4.69) is 9.98 Å². The first kappa shape index (κ1) is 8.87. The van der Waals surface area contributed by atoms with Crippen molar-refractivity contribution in [2.45, 2.75) is 6.92 Å². The molecular weight excluding hydrogens is 152 g/mol. The summed E-state index contributed by atoms with van der Waals surface area (Å²) in [6, 6.07) is 5.75. The number of aromatic nitrogens is 1. The van der Waals surface area contributed by atoms with Crippen molar-refractivity contribution in [2.75, 3.05) is 13.2 Å². The molecule has 0 aliphatic rings. The third-order valence-electron chi connectivity index (χ3n) is 1.36. The van der Waals surface area contributed by atoms with Crippen LogP contribution in [0, 0.1) is 6.92 Å². The smallest absolute Gasteiger partial charge is 0.0811 e. The van der Waals surface area contributed by atoms with Crippen LogP contribution in [0.15, 0.2) is 23.2 Å². The highest BCUT2D eigenvalue weighted by molar-refractivity contribution is 5.76. The molecule has 1 rings (SSSR count). The molecule has 1 aromatic heterocycles. The van der Waals surface area contributed by atoms with E-state index in [1.165, 1.54) is 0 Å². The number of nitrogens with zero attached hydrogens (tertiary/aromatic N) is 2. The highest BCUT2D eigenvalue weighted by Crippen LogP contribution is 1.94. The topological polar surface area (TPSA) is 45.5 Å². The SMILES string of the molecule is Cc1cccc(C=NCCO)n1. The minimum Gasteiger partial charge on any atom is -0.394 e. The number of aliphatic hydroxyl groups excluding tert-OH is 1. The Hall–Kier alpha value is -1.22. The highest BCUT2D eigenvalue weighted by Gasteiger charge is 1.88. The van der Waals surface area contributed by atoms with Gasteiger partial charge in [0.15, 0.2) is 0 Å². The van der Waals surface area contributed by atoms with E-state index in [1.807, 2.05) is 25.1 Å². The molecule has 3 heteroatoms. The van der Waals surface area contributed by atoms with E-state index in [4.69, 9.17) is 5.11 Å². The van der Waals surface area contributed by atoms with E-state index in [-0.39, 0.29) is 6.61 Å². The van der Waals surface area contributed by atoms with Crippen molar-refractivity contribution in [3.8, 4) is 0 Å². The van der Waals surface area contributed by atoms with E-state index in [0.717, 1.165) is 11.4 Å². The van der Waals surface area contributed by atoms with E-state index >= 15 is 0 Å². The van der Waals surface area contributed by atoms with E-state index in [9.17, 15) is 0 Å². The summed E-state index contributed by atoms with van der Waals surface area (Å²) in [6.07, 6.45) is 1.67. The Morgan fingerprint density at radius 2 is 2.42 bits per heavy atom. The monoisotopic (exact) mass is 164 g/mol. The molecule has 0 bridgehead atoms. The summed E-state index contributed by atoms with van der Waals surface area (Å²) >= 11 is 0. The summed E-state index contributed by atoms with van der Waals surface area (Å²) in [6.45, 7) is 2.46. The van der Waals surface area contributed by atoms with Crippen LogP contribution >= 0.6 is 0 Å². The van der Waals surface area contributed by atoms with Gasteiger partial charge >= 0.3 is 0 Å². The number of aliphatic hydroxyl groups is 1. The first-order chi connectivity index (χ1) is 5.83. The number of aryl methyl sites for hydroxylation is 1. The first-order valence-electron chi connectivity index (χ1n) is 3.87. The van der Waals surface area contributed by atoms with Crippen molar-refractivity contribution in [1.29, 1.82) is 0 Å². The van der Waals surface area contributed by atoms with Gasteiger partial charge in [-0.3, -0.25) is 9.98 Å². The summed E-state index contributed by atoms with van der Waals surface area (Å²) in [5.74, 6) is 0. The van der Waals surface area contributed by atoms with Gasteiger partial charge in [0.2, 0.25) is 0 Å². The van der Waals surface area contributed by atoms with Crippen LogP contribution in [0.1, 0.15) is 11.4 Å². The predicted octanol–water partition coefficient (Wildman–Crippen LogP) is 0.801. The van der Waals surface area contributed by atoms with Crippen LogP contribution in [0.25, 0.3) is 0 Å². The first-order valence-corrected chi connectivity index (χ1v) is 3.87. The lowest BCUT2D eigenvalue weighted by atomic mass is 10.3. The Morgan fingerprint density at radius 1 is 1.58 bits per heavy atom. The van der Waals surface area contributed by atoms with Crippen molar-refractivity contribution in [1.82, 2.24) is 4.98 Å². The molecule has 64 valence electrons. The van der Waals surface area contributed by atoms with Crippen LogP contribution < -0.4 is 0 Å². The van der Waals surface area contributed by atoms with Gasteiger partial charge in [-0.1, -0.05) is 6.07 Å². The fourth-order valence-corrected chi connectivity index (χ4v) is 0.852. The van der Waals surface area contributed by atoms with Crippen LogP contribution in [0.3, 0.4) is 0 Å². The third kappa shape index (κ3) is 2.80. The van der Waals surface area contributed by atoms with E-state index < -0.39 is 0 Å². The molecule has 12 heavy (non-hydrogen) atoms.